The minimum absolute atomic E-state index is 0.207. The lowest BCUT2D eigenvalue weighted by atomic mass is 10.00. The predicted molar refractivity (Wildman–Crippen MR) is 122 cm³/mol. The zero-order valence-corrected chi connectivity index (χ0v) is 19.3. The molecule has 3 amide bonds. The molecule has 8 heteroatoms. The van der Waals surface area contributed by atoms with Crippen LogP contribution in [0.4, 0.5) is 0 Å². The fraction of sp³-hybridized carbons (Fsp3) is 0.280. The van der Waals surface area contributed by atoms with E-state index in [0.29, 0.717) is 41.4 Å². The van der Waals surface area contributed by atoms with Crippen molar-refractivity contribution >= 4 is 29.3 Å². The zero-order valence-electron chi connectivity index (χ0n) is 18.5. The van der Waals surface area contributed by atoms with E-state index in [0.717, 1.165) is 16.8 Å². The van der Waals surface area contributed by atoms with Gasteiger partial charge < -0.3 is 9.42 Å². The van der Waals surface area contributed by atoms with Gasteiger partial charge in [-0.15, -0.1) is 0 Å². The maximum absolute atomic E-state index is 13.3. The molecule has 0 N–H and O–H groups in total. The number of nitrogens with zero attached hydrogens (tertiary/aromatic N) is 3. The van der Waals surface area contributed by atoms with Crippen LogP contribution in [0, 0.1) is 0 Å². The average molecular weight is 464 g/mol. The van der Waals surface area contributed by atoms with Gasteiger partial charge in [0.1, 0.15) is 0 Å². The van der Waals surface area contributed by atoms with Gasteiger partial charge >= 0.3 is 0 Å². The Balaban J connectivity index is 1.43. The van der Waals surface area contributed by atoms with Crippen molar-refractivity contribution in [3.63, 3.8) is 0 Å². The highest BCUT2D eigenvalue weighted by Gasteiger charge is 2.42. The number of carbonyl (C=O) groups excluding carboxylic acids is 3. The lowest BCUT2D eigenvalue weighted by molar-refractivity contribution is 0.0507. The summed E-state index contributed by atoms with van der Waals surface area (Å²) >= 11 is 6.00. The topological polar surface area (TPSA) is 83.7 Å². The van der Waals surface area contributed by atoms with Gasteiger partial charge in [0.2, 0.25) is 0 Å². The van der Waals surface area contributed by atoms with Crippen LogP contribution >= 0.6 is 11.6 Å². The molecule has 168 valence electrons. The molecule has 0 spiro atoms. The quantitative estimate of drug-likeness (QED) is 0.519. The first-order valence-electron chi connectivity index (χ1n) is 10.7. The molecule has 2 aliphatic heterocycles. The van der Waals surface area contributed by atoms with E-state index in [1.54, 1.807) is 29.2 Å². The summed E-state index contributed by atoms with van der Waals surface area (Å²) in [6, 6.07) is 12.0. The largest absolute Gasteiger partial charge is 0.356 e. The number of benzene rings is 2. The molecular weight excluding hydrogens is 442 g/mol. The van der Waals surface area contributed by atoms with Crippen molar-refractivity contribution in [2.45, 2.75) is 39.3 Å². The highest BCUT2D eigenvalue weighted by Crippen LogP contribution is 2.33. The fourth-order valence-electron chi connectivity index (χ4n) is 4.38. The van der Waals surface area contributed by atoms with Crippen molar-refractivity contribution in [1.29, 1.82) is 0 Å². The van der Waals surface area contributed by atoms with E-state index in [2.05, 4.69) is 5.16 Å². The molecule has 0 aliphatic carbocycles. The second-order valence-electron chi connectivity index (χ2n) is 9.30. The van der Waals surface area contributed by atoms with Gasteiger partial charge in [0, 0.05) is 40.2 Å². The summed E-state index contributed by atoms with van der Waals surface area (Å²) in [4.78, 5) is 41.9. The molecule has 0 bridgehead atoms. The second-order valence-corrected chi connectivity index (χ2v) is 9.73. The second kappa shape index (κ2) is 7.56. The standard InChI is InChI=1S/C25H22ClN3O4/c1-25(2,3)29-23(31)17-9-6-15(12-18(17)24(29)32)22(30)28-11-10-20-19(13-28)21(33-27-20)14-4-7-16(26)8-5-14/h4-9,12H,10-11,13H2,1-3H3. The summed E-state index contributed by atoms with van der Waals surface area (Å²) in [5, 5.41) is 4.81. The van der Waals surface area contributed by atoms with Crippen LogP contribution in [0.2, 0.25) is 5.02 Å². The Hall–Kier alpha value is -3.45. The molecule has 2 aromatic carbocycles. The number of aromatic nitrogens is 1. The van der Waals surface area contributed by atoms with Crippen LogP contribution in [-0.2, 0) is 13.0 Å². The van der Waals surface area contributed by atoms with Crippen molar-refractivity contribution in [2.24, 2.45) is 0 Å². The minimum atomic E-state index is -0.646. The molecule has 0 unspecified atom stereocenters. The maximum Gasteiger partial charge on any atom is 0.262 e. The Kier molecular flexibility index (Phi) is 4.90. The Bertz CT molecular complexity index is 1300. The Morgan fingerprint density at radius 1 is 1.03 bits per heavy atom. The molecule has 5 rings (SSSR count). The fourth-order valence-corrected chi connectivity index (χ4v) is 4.51. The van der Waals surface area contributed by atoms with E-state index < -0.39 is 5.54 Å². The smallest absolute Gasteiger partial charge is 0.262 e. The van der Waals surface area contributed by atoms with Crippen LogP contribution in [0.1, 0.15) is 63.1 Å². The molecule has 7 nitrogen and oxygen atoms in total. The molecule has 1 aromatic heterocycles. The number of hydrogen-bond acceptors (Lipinski definition) is 5. The van der Waals surface area contributed by atoms with Gasteiger partial charge in [-0.3, -0.25) is 19.3 Å². The van der Waals surface area contributed by atoms with Gasteiger partial charge in [0.05, 0.1) is 23.4 Å². The van der Waals surface area contributed by atoms with Gasteiger partial charge in [-0.05, 0) is 63.2 Å². The van der Waals surface area contributed by atoms with E-state index in [-0.39, 0.29) is 23.3 Å². The number of fused-ring (bicyclic) bond motifs is 2. The summed E-state index contributed by atoms with van der Waals surface area (Å²) in [6.07, 6.45) is 0.568. The van der Waals surface area contributed by atoms with Crippen LogP contribution in [-0.4, -0.2) is 44.8 Å². The van der Waals surface area contributed by atoms with Crippen molar-refractivity contribution in [2.75, 3.05) is 6.54 Å². The third kappa shape index (κ3) is 3.53. The maximum atomic E-state index is 13.3. The number of rotatable bonds is 2. The molecule has 0 radical (unpaired) electrons. The van der Waals surface area contributed by atoms with Gasteiger partial charge in [-0.25, -0.2) is 0 Å². The summed E-state index contributed by atoms with van der Waals surface area (Å²) in [7, 11) is 0. The third-order valence-electron chi connectivity index (χ3n) is 6.04. The Labute approximate surface area is 195 Å². The molecule has 0 fully saturated rings. The minimum Gasteiger partial charge on any atom is -0.356 e. The van der Waals surface area contributed by atoms with Crippen LogP contribution in [0.15, 0.2) is 47.0 Å². The first-order valence-corrected chi connectivity index (χ1v) is 11.1. The SMILES string of the molecule is CC(C)(C)N1C(=O)c2ccc(C(=O)N3CCc4noc(-c5ccc(Cl)cc5)c4C3)cc2C1=O. The number of carbonyl (C=O) groups is 3. The molecule has 3 heterocycles. The van der Waals surface area contributed by atoms with Crippen molar-refractivity contribution in [3.8, 4) is 11.3 Å². The molecule has 0 saturated heterocycles. The first-order chi connectivity index (χ1) is 15.6. The van der Waals surface area contributed by atoms with E-state index in [1.807, 2.05) is 32.9 Å². The average Bonchev–Trinajstić information content (AvgIpc) is 3.31. The van der Waals surface area contributed by atoms with E-state index >= 15 is 0 Å². The van der Waals surface area contributed by atoms with Crippen molar-refractivity contribution in [1.82, 2.24) is 15.0 Å². The van der Waals surface area contributed by atoms with E-state index in [4.69, 9.17) is 16.1 Å². The van der Waals surface area contributed by atoms with Gasteiger partial charge in [0.15, 0.2) is 5.76 Å². The molecule has 0 saturated carbocycles. The summed E-state index contributed by atoms with van der Waals surface area (Å²) < 4.78 is 5.59. The summed E-state index contributed by atoms with van der Waals surface area (Å²) in [5.74, 6) is -0.292. The molecule has 2 aliphatic rings. The Morgan fingerprint density at radius 3 is 2.42 bits per heavy atom. The van der Waals surface area contributed by atoms with Gasteiger partial charge in [-0.2, -0.15) is 0 Å². The van der Waals surface area contributed by atoms with E-state index in [1.165, 1.54) is 11.0 Å². The lowest BCUT2D eigenvalue weighted by Gasteiger charge is -2.29. The number of hydrogen-bond donors (Lipinski definition) is 0. The molecule has 0 atom stereocenters. The molecule has 3 aromatic rings. The number of halogens is 1. The Morgan fingerprint density at radius 2 is 1.73 bits per heavy atom. The molecule has 33 heavy (non-hydrogen) atoms. The molecular formula is C25H22ClN3O4. The number of amides is 3. The van der Waals surface area contributed by atoms with E-state index in [9.17, 15) is 14.4 Å². The monoisotopic (exact) mass is 463 g/mol. The van der Waals surface area contributed by atoms with Crippen molar-refractivity contribution in [3.05, 3.63) is 75.4 Å². The van der Waals surface area contributed by atoms with Crippen LogP contribution in [0.5, 0.6) is 0 Å². The predicted octanol–water partition coefficient (Wildman–Crippen LogP) is 4.59. The number of imide groups is 1. The first kappa shape index (κ1) is 21.4. The van der Waals surface area contributed by atoms with Gasteiger partial charge in [-0.1, -0.05) is 16.8 Å². The highest BCUT2D eigenvalue weighted by atomic mass is 35.5. The van der Waals surface area contributed by atoms with Crippen LogP contribution < -0.4 is 0 Å². The summed E-state index contributed by atoms with van der Waals surface area (Å²) in [5.41, 5.74) is 2.86. The normalized spacial score (nSPS) is 15.6. The van der Waals surface area contributed by atoms with Gasteiger partial charge in [0.25, 0.3) is 17.7 Å². The van der Waals surface area contributed by atoms with Crippen LogP contribution in [0.3, 0.4) is 0 Å². The van der Waals surface area contributed by atoms with Crippen molar-refractivity contribution < 1.29 is 18.9 Å². The van der Waals surface area contributed by atoms with Crippen LogP contribution in [0.25, 0.3) is 11.3 Å². The zero-order chi connectivity index (χ0) is 23.5. The highest BCUT2D eigenvalue weighted by molar-refractivity contribution is 6.30. The third-order valence-corrected chi connectivity index (χ3v) is 6.29. The lowest BCUT2D eigenvalue weighted by Crippen LogP contribution is -2.45. The summed E-state index contributed by atoms with van der Waals surface area (Å²) in [6.45, 7) is 6.25.